The maximum absolute atomic E-state index is 11.7. The zero-order chi connectivity index (χ0) is 16.2. The van der Waals surface area contributed by atoms with Gasteiger partial charge in [0.1, 0.15) is 11.4 Å². The van der Waals surface area contributed by atoms with Crippen LogP contribution in [0.15, 0.2) is 4.99 Å². The number of likely N-dealkylation sites (tertiary alicyclic amines) is 1. The number of carbonyl (C=O) groups is 2. The second-order valence-electron chi connectivity index (χ2n) is 6.59. The van der Waals surface area contributed by atoms with Gasteiger partial charge in [0.25, 0.3) is 0 Å². The van der Waals surface area contributed by atoms with Crippen molar-refractivity contribution in [3.63, 3.8) is 0 Å². The van der Waals surface area contributed by atoms with Crippen LogP contribution in [-0.2, 0) is 9.53 Å². The molecule has 0 aromatic rings. The number of amides is 1. The van der Waals surface area contributed by atoms with Gasteiger partial charge in [-0.1, -0.05) is 6.92 Å². The standard InChI is InChI=1S/C15H26N2O4/c1-10(13(18)19)12-6-8-17(9-7-12)11(2)16-14(20)21-15(3,4)5/h10,12H,6-9H2,1-5H3,(H,18,19)/b16-11+/t10-/m1/s1. The first-order valence-electron chi connectivity index (χ1n) is 7.36. The summed E-state index contributed by atoms with van der Waals surface area (Å²) >= 11 is 0. The number of aliphatic imine (C=N–C) groups is 1. The average molecular weight is 298 g/mol. The Balaban J connectivity index is 2.53. The van der Waals surface area contributed by atoms with Gasteiger partial charge in [0.2, 0.25) is 0 Å². The number of aliphatic carboxylic acids is 1. The normalized spacial score (nSPS) is 19.3. The van der Waals surface area contributed by atoms with E-state index >= 15 is 0 Å². The van der Waals surface area contributed by atoms with E-state index in [1.54, 1.807) is 34.6 Å². The van der Waals surface area contributed by atoms with E-state index in [4.69, 9.17) is 9.84 Å². The van der Waals surface area contributed by atoms with Crippen LogP contribution in [0.3, 0.4) is 0 Å². The molecule has 0 unspecified atom stereocenters. The van der Waals surface area contributed by atoms with Crippen LogP contribution in [0.25, 0.3) is 0 Å². The van der Waals surface area contributed by atoms with Crippen molar-refractivity contribution in [3.05, 3.63) is 0 Å². The Morgan fingerprint density at radius 3 is 2.24 bits per heavy atom. The summed E-state index contributed by atoms with van der Waals surface area (Å²) in [7, 11) is 0. The minimum absolute atomic E-state index is 0.188. The van der Waals surface area contributed by atoms with Crippen molar-refractivity contribution in [2.24, 2.45) is 16.8 Å². The highest BCUT2D eigenvalue weighted by atomic mass is 16.6. The van der Waals surface area contributed by atoms with Crippen molar-refractivity contribution < 1.29 is 19.4 Å². The molecule has 0 bridgehead atoms. The lowest BCUT2D eigenvalue weighted by Crippen LogP contribution is -2.40. The van der Waals surface area contributed by atoms with Crippen molar-refractivity contribution in [2.75, 3.05) is 13.1 Å². The Morgan fingerprint density at radius 2 is 1.81 bits per heavy atom. The van der Waals surface area contributed by atoms with E-state index in [0.717, 1.165) is 25.9 Å². The number of carboxylic acids is 1. The smallest absolute Gasteiger partial charge is 0.435 e. The van der Waals surface area contributed by atoms with E-state index in [1.165, 1.54) is 0 Å². The molecule has 6 heteroatoms. The molecule has 0 saturated carbocycles. The quantitative estimate of drug-likeness (QED) is 0.626. The van der Waals surface area contributed by atoms with Gasteiger partial charge < -0.3 is 14.7 Å². The minimum atomic E-state index is -0.743. The lowest BCUT2D eigenvalue weighted by molar-refractivity contribution is -0.143. The highest BCUT2D eigenvalue weighted by Gasteiger charge is 2.28. The second kappa shape index (κ2) is 6.91. The molecule has 1 atom stereocenters. The molecule has 1 rings (SSSR count). The molecule has 1 amide bonds. The van der Waals surface area contributed by atoms with Gasteiger partial charge >= 0.3 is 12.1 Å². The molecule has 1 aliphatic rings. The van der Waals surface area contributed by atoms with E-state index in [-0.39, 0.29) is 11.8 Å². The second-order valence-corrected chi connectivity index (χ2v) is 6.59. The third-order valence-electron chi connectivity index (χ3n) is 3.74. The third kappa shape index (κ3) is 5.73. The highest BCUT2D eigenvalue weighted by molar-refractivity contribution is 5.90. The molecule has 1 saturated heterocycles. The van der Waals surface area contributed by atoms with Gasteiger partial charge in [-0.2, -0.15) is 4.99 Å². The number of carboxylic acid groups (broad SMARTS) is 1. The van der Waals surface area contributed by atoms with E-state index in [2.05, 4.69) is 4.99 Å². The van der Waals surface area contributed by atoms with Gasteiger partial charge in [-0.05, 0) is 46.5 Å². The van der Waals surface area contributed by atoms with E-state index in [9.17, 15) is 9.59 Å². The fourth-order valence-electron chi connectivity index (χ4n) is 2.41. The molecular formula is C15H26N2O4. The first-order chi connectivity index (χ1) is 9.60. The molecule has 120 valence electrons. The fraction of sp³-hybridized carbons (Fsp3) is 0.800. The number of amidine groups is 1. The lowest BCUT2D eigenvalue weighted by atomic mass is 9.85. The van der Waals surface area contributed by atoms with Crippen molar-refractivity contribution >= 4 is 17.9 Å². The first-order valence-corrected chi connectivity index (χ1v) is 7.36. The molecule has 0 radical (unpaired) electrons. The Kier molecular flexibility index (Phi) is 5.75. The van der Waals surface area contributed by atoms with Crippen molar-refractivity contribution in [3.8, 4) is 0 Å². The third-order valence-corrected chi connectivity index (χ3v) is 3.74. The summed E-state index contributed by atoms with van der Waals surface area (Å²) in [6, 6.07) is 0. The summed E-state index contributed by atoms with van der Waals surface area (Å²) in [6.07, 6.45) is 1.02. The Hall–Kier alpha value is -1.59. The van der Waals surface area contributed by atoms with Crippen LogP contribution in [-0.4, -0.2) is 46.6 Å². The van der Waals surface area contributed by atoms with Gasteiger partial charge in [0.15, 0.2) is 0 Å². The predicted molar refractivity (Wildman–Crippen MR) is 80.4 cm³/mol. The van der Waals surface area contributed by atoms with Gasteiger partial charge in [-0.15, -0.1) is 0 Å². The van der Waals surface area contributed by atoms with Crippen LogP contribution in [0, 0.1) is 11.8 Å². The number of carbonyl (C=O) groups excluding carboxylic acids is 1. The van der Waals surface area contributed by atoms with E-state index in [0.29, 0.717) is 5.84 Å². The maximum atomic E-state index is 11.7. The molecular weight excluding hydrogens is 272 g/mol. The molecule has 0 spiro atoms. The van der Waals surface area contributed by atoms with Crippen molar-refractivity contribution in [1.82, 2.24) is 4.90 Å². The maximum Gasteiger partial charge on any atom is 0.435 e. The number of piperidine rings is 1. The van der Waals surface area contributed by atoms with Crippen LogP contribution < -0.4 is 0 Å². The molecule has 6 nitrogen and oxygen atoms in total. The van der Waals surface area contributed by atoms with E-state index in [1.807, 2.05) is 4.90 Å². The molecule has 1 heterocycles. The number of ether oxygens (including phenoxy) is 1. The van der Waals surface area contributed by atoms with Gasteiger partial charge in [-0.25, -0.2) is 4.79 Å². The lowest BCUT2D eigenvalue weighted by Gasteiger charge is -2.34. The Bertz CT molecular complexity index is 418. The van der Waals surface area contributed by atoms with Crippen LogP contribution >= 0.6 is 0 Å². The number of hydrogen-bond donors (Lipinski definition) is 1. The summed E-state index contributed by atoms with van der Waals surface area (Å²) in [5.74, 6) is -0.249. The summed E-state index contributed by atoms with van der Waals surface area (Å²) in [6.45, 7) is 10.4. The van der Waals surface area contributed by atoms with Gasteiger partial charge in [0, 0.05) is 13.1 Å². The van der Waals surface area contributed by atoms with Gasteiger partial charge in [0.05, 0.1) is 5.92 Å². The zero-order valence-corrected chi connectivity index (χ0v) is 13.5. The topological polar surface area (TPSA) is 79.2 Å². The SMILES string of the molecule is C/C(=N\C(=O)OC(C)(C)C)N1CCC([C@@H](C)C(=O)O)CC1. The monoisotopic (exact) mass is 298 g/mol. The summed E-state index contributed by atoms with van der Waals surface area (Å²) in [5.41, 5.74) is -0.551. The summed E-state index contributed by atoms with van der Waals surface area (Å²) in [4.78, 5) is 28.6. The summed E-state index contributed by atoms with van der Waals surface area (Å²) in [5, 5.41) is 9.04. The van der Waals surface area contributed by atoms with Crippen LogP contribution in [0.5, 0.6) is 0 Å². The fourth-order valence-corrected chi connectivity index (χ4v) is 2.41. The number of rotatable bonds is 2. The molecule has 0 aliphatic carbocycles. The average Bonchev–Trinajstić information content (AvgIpc) is 2.35. The van der Waals surface area contributed by atoms with Crippen molar-refractivity contribution in [2.45, 2.75) is 53.1 Å². The van der Waals surface area contributed by atoms with E-state index < -0.39 is 17.7 Å². The van der Waals surface area contributed by atoms with Crippen molar-refractivity contribution in [1.29, 1.82) is 0 Å². The number of hydrogen-bond acceptors (Lipinski definition) is 3. The highest BCUT2D eigenvalue weighted by Crippen LogP contribution is 2.25. The predicted octanol–water partition coefficient (Wildman–Crippen LogP) is 2.77. The minimum Gasteiger partial charge on any atom is -0.481 e. The Labute approximate surface area is 126 Å². The van der Waals surface area contributed by atoms with Crippen LogP contribution in [0.2, 0.25) is 0 Å². The molecule has 0 aromatic carbocycles. The molecule has 1 fully saturated rings. The molecule has 0 aromatic heterocycles. The van der Waals surface area contributed by atoms with Crippen LogP contribution in [0.1, 0.15) is 47.5 Å². The van der Waals surface area contributed by atoms with Crippen LogP contribution in [0.4, 0.5) is 4.79 Å². The molecule has 1 aliphatic heterocycles. The summed E-state index contributed by atoms with van der Waals surface area (Å²) < 4.78 is 5.16. The largest absolute Gasteiger partial charge is 0.481 e. The first kappa shape index (κ1) is 17.5. The van der Waals surface area contributed by atoms with Gasteiger partial charge in [-0.3, -0.25) is 4.79 Å². The molecule has 21 heavy (non-hydrogen) atoms. The Morgan fingerprint density at radius 1 is 1.29 bits per heavy atom. The number of nitrogens with zero attached hydrogens (tertiary/aromatic N) is 2. The molecule has 1 N–H and O–H groups in total. The zero-order valence-electron chi connectivity index (χ0n) is 13.5.